The molecular formula is C14H13F3N6S. The number of rotatable bonds is 5. The van der Waals surface area contributed by atoms with Crippen LogP contribution in [0, 0.1) is 0 Å². The molecule has 3 aromatic rings. The Morgan fingerprint density at radius 3 is 2.58 bits per heavy atom. The van der Waals surface area contributed by atoms with E-state index in [-0.39, 0.29) is 0 Å². The second-order valence-electron chi connectivity index (χ2n) is 4.84. The molecule has 0 aliphatic heterocycles. The quantitative estimate of drug-likeness (QED) is 0.659. The van der Waals surface area contributed by atoms with Gasteiger partial charge in [0.15, 0.2) is 11.0 Å². The average Bonchev–Trinajstić information content (AvgIpc) is 3.20. The Morgan fingerprint density at radius 1 is 1.17 bits per heavy atom. The second-order valence-corrected chi connectivity index (χ2v) is 5.78. The highest BCUT2D eigenvalue weighted by Crippen LogP contribution is 2.29. The topological polar surface area (TPSA) is 61.4 Å². The summed E-state index contributed by atoms with van der Waals surface area (Å²) in [5, 5.41) is 12.2. The van der Waals surface area contributed by atoms with Crippen molar-refractivity contribution in [3.05, 3.63) is 48.0 Å². The number of aryl methyl sites for hydroxylation is 1. The molecule has 0 amide bonds. The molecule has 0 radical (unpaired) electrons. The normalized spacial score (nSPS) is 11.8. The number of halogens is 3. The van der Waals surface area contributed by atoms with Crippen LogP contribution in [-0.4, -0.2) is 29.8 Å². The Hall–Kier alpha value is -2.36. The summed E-state index contributed by atoms with van der Waals surface area (Å²) >= 11 is 1.46. The Labute approximate surface area is 139 Å². The van der Waals surface area contributed by atoms with Crippen molar-refractivity contribution in [2.75, 3.05) is 0 Å². The van der Waals surface area contributed by atoms with Crippen LogP contribution in [0.4, 0.5) is 13.2 Å². The van der Waals surface area contributed by atoms with Crippen LogP contribution in [0.2, 0.25) is 0 Å². The Morgan fingerprint density at radius 2 is 1.92 bits per heavy atom. The Bertz CT molecular complexity index is 809. The van der Waals surface area contributed by atoms with Gasteiger partial charge < -0.3 is 4.57 Å². The molecule has 0 aliphatic carbocycles. The molecular weight excluding hydrogens is 341 g/mol. The predicted octanol–water partition coefficient (Wildman–Crippen LogP) is 3.19. The number of benzene rings is 1. The zero-order valence-corrected chi connectivity index (χ0v) is 13.4. The number of aromatic nitrogens is 6. The number of hydrogen-bond donors (Lipinski definition) is 0. The SMILES string of the molecule is CCn1ccnc1SCc1nnnn1-c1ccc(C(F)(F)F)cc1. The van der Waals surface area contributed by atoms with E-state index in [1.807, 2.05) is 17.7 Å². The van der Waals surface area contributed by atoms with Gasteiger partial charge in [-0.15, -0.1) is 5.10 Å². The smallest absolute Gasteiger partial charge is 0.326 e. The standard InChI is InChI=1S/C14H13F3N6S/c1-2-22-8-7-18-13(22)24-9-12-19-20-21-23(12)11-5-3-10(4-6-11)14(15,16)17/h3-8H,2,9H2,1H3. The van der Waals surface area contributed by atoms with E-state index in [4.69, 9.17) is 0 Å². The number of nitrogens with zero attached hydrogens (tertiary/aromatic N) is 6. The van der Waals surface area contributed by atoms with Gasteiger partial charge in [0.2, 0.25) is 0 Å². The monoisotopic (exact) mass is 354 g/mol. The largest absolute Gasteiger partial charge is 0.416 e. The molecule has 0 aliphatic rings. The fraction of sp³-hybridized carbons (Fsp3) is 0.286. The minimum absolute atomic E-state index is 0.449. The van der Waals surface area contributed by atoms with E-state index in [2.05, 4.69) is 20.5 Å². The molecule has 0 bridgehead atoms. The van der Waals surface area contributed by atoms with Crippen LogP contribution in [0.5, 0.6) is 0 Å². The van der Waals surface area contributed by atoms with E-state index in [9.17, 15) is 13.2 Å². The predicted molar refractivity (Wildman–Crippen MR) is 81.6 cm³/mol. The lowest BCUT2D eigenvalue weighted by Gasteiger charge is -2.08. The van der Waals surface area contributed by atoms with E-state index >= 15 is 0 Å². The summed E-state index contributed by atoms with van der Waals surface area (Å²) in [6.45, 7) is 2.81. The zero-order chi connectivity index (χ0) is 17.2. The van der Waals surface area contributed by atoms with Gasteiger partial charge in [0.25, 0.3) is 0 Å². The van der Waals surface area contributed by atoms with Gasteiger partial charge in [0.1, 0.15) is 0 Å². The molecule has 1 aromatic carbocycles. The molecule has 24 heavy (non-hydrogen) atoms. The first-order valence-electron chi connectivity index (χ1n) is 7.08. The van der Waals surface area contributed by atoms with Crippen LogP contribution >= 0.6 is 11.8 Å². The molecule has 2 aromatic heterocycles. The number of thioether (sulfide) groups is 1. The van der Waals surface area contributed by atoms with Crippen molar-refractivity contribution in [3.63, 3.8) is 0 Å². The minimum atomic E-state index is -4.37. The fourth-order valence-electron chi connectivity index (χ4n) is 2.09. The molecule has 0 atom stereocenters. The first kappa shape index (κ1) is 16.5. The summed E-state index contributed by atoms with van der Waals surface area (Å²) in [7, 11) is 0. The highest BCUT2D eigenvalue weighted by Gasteiger charge is 2.30. The van der Waals surface area contributed by atoms with E-state index < -0.39 is 11.7 Å². The van der Waals surface area contributed by atoms with Gasteiger partial charge in [-0.05, 0) is 41.6 Å². The summed E-state index contributed by atoms with van der Waals surface area (Å²) in [5.41, 5.74) is -0.234. The van der Waals surface area contributed by atoms with Crippen molar-refractivity contribution < 1.29 is 13.2 Å². The van der Waals surface area contributed by atoms with E-state index in [0.29, 0.717) is 17.3 Å². The summed E-state index contributed by atoms with van der Waals surface area (Å²) in [4.78, 5) is 4.25. The van der Waals surface area contributed by atoms with Crippen molar-refractivity contribution >= 4 is 11.8 Å². The number of tetrazole rings is 1. The van der Waals surface area contributed by atoms with E-state index in [0.717, 1.165) is 23.8 Å². The lowest BCUT2D eigenvalue weighted by molar-refractivity contribution is -0.137. The highest BCUT2D eigenvalue weighted by molar-refractivity contribution is 7.98. The second kappa shape index (κ2) is 6.63. The lowest BCUT2D eigenvalue weighted by Crippen LogP contribution is -2.07. The molecule has 6 nitrogen and oxygen atoms in total. The first-order chi connectivity index (χ1) is 11.5. The van der Waals surface area contributed by atoms with Gasteiger partial charge in [-0.3, -0.25) is 0 Å². The zero-order valence-electron chi connectivity index (χ0n) is 12.6. The maximum Gasteiger partial charge on any atom is 0.416 e. The van der Waals surface area contributed by atoms with Gasteiger partial charge in [-0.2, -0.15) is 17.9 Å². The minimum Gasteiger partial charge on any atom is -0.326 e. The van der Waals surface area contributed by atoms with Crippen LogP contribution in [-0.2, 0) is 18.5 Å². The van der Waals surface area contributed by atoms with Gasteiger partial charge in [-0.25, -0.2) is 4.98 Å². The van der Waals surface area contributed by atoms with Crippen LogP contribution < -0.4 is 0 Å². The molecule has 0 saturated carbocycles. The average molecular weight is 354 g/mol. The van der Waals surface area contributed by atoms with Gasteiger partial charge in [0, 0.05) is 18.9 Å². The summed E-state index contributed by atoms with van der Waals surface area (Å²) < 4.78 is 41.3. The Kier molecular flexibility index (Phi) is 4.56. The maximum absolute atomic E-state index is 12.6. The summed E-state index contributed by atoms with van der Waals surface area (Å²) in [6.07, 6.45) is -0.777. The van der Waals surface area contributed by atoms with Crippen molar-refractivity contribution in [2.24, 2.45) is 0 Å². The van der Waals surface area contributed by atoms with Crippen LogP contribution in [0.3, 0.4) is 0 Å². The van der Waals surface area contributed by atoms with Crippen LogP contribution in [0.15, 0.2) is 41.8 Å². The van der Waals surface area contributed by atoms with Crippen molar-refractivity contribution in [1.29, 1.82) is 0 Å². The summed E-state index contributed by atoms with van der Waals surface area (Å²) in [5.74, 6) is 0.982. The van der Waals surface area contributed by atoms with E-state index in [1.165, 1.54) is 28.6 Å². The molecule has 10 heteroatoms. The van der Waals surface area contributed by atoms with Gasteiger partial charge in [-0.1, -0.05) is 11.8 Å². The number of alkyl halides is 3. The molecule has 0 spiro atoms. The molecule has 3 rings (SSSR count). The third-order valence-electron chi connectivity index (χ3n) is 3.32. The number of imidazole rings is 1. The van der Waals surface area contributed by atoms with Crippen molar-refractivity contribution in [1.82, 2.24) is 29.8 Å². The van der Waals surface area contributed by atoms with E-state index in [1.54, 1.807) is 6.20 Å². The molecule has 0 saturated heterocycles. The molecule has 126 valence electrons. The summed E-state index contributed by atoms with van der Waals surface area (Å²) in [6, 6.07) is 4.72. The maximum atomic E-state index is 12.6. The van der Waals surface area contributed by atoms with Gasteiger partial charge in [0.05, 0.1) is 17.0 Å². The molecule has 0 unspecified atom stereocenters. The van der Waals surface area contributed by atoms with Crippen molar-refractivity contribution in [2.45, 2.75) is 30.6 Å². The van der Waals surface area contributed by atoms with Crippen LogP contribution in [0.1, 0.15) is 18.3 Å². The molecule has 0 N–H and O–H groups in total. The van der Waals surface area contributed by atoms with Crippen molar-refractivity contribution in [3.8, 4) is 5.69 Å². The number of hydrogen-bond acceptors (Lipinski definition) is 5. The first-order valence-corrected chi connectivity index (χ1v) is 8.06. The van der Waals surface area contributed by atoms with Gasteiger partial charge >= 0.3 is 6.18 Å². The fourth-order valence-corrected chi connectivity index (χ4v) is 3.02. The van der Waals surface area contributed by atoms with Crippen LogP contribution in [0.25, 0.3) is 5.69 Å². The third kappa shape index (κ3) is 3.42. The molecule has 2 heterocycles. The molecule has 0 fully saturated rings. The lowest BCUT2D eigenvalue weighted by atomic mass is 10.2. The highest BCUT2D eigenvalue weighted by atomic mass is 32.2. The Balaban J connectivity index is 1.78. The third-order valence-corrected chi connectivity index (χ3v) is 4.32.